The highest BCUT2D eigenvalue weighted by Gasteiger charge is 2.20. The van der Waals surface area contributed by atoms with E-state index in [1.807, 2.05) is 19.9 Å². The van der Waals surface area contributed by atoms with Crippen LogP contribution in [0.5, 0.6) is 5.75 Å². The standard InChI is InChI=1S/C22H17FO4/c1-13-10-16-19(11-14(13)2)27-21(18-8-5-9-25-18)22(20(16)24)26-12-15-6-3-4-7-17(15)23/h3-11H,12H2,1-2H3. The second kappa shape index (κ2) is 6.76. The zero-order valence-corrected chi connectivity index (χ0v) is 14.9. The van der Waals surface area contributed by atoms with Gasteiger partial charge in [-0.15, -0.1) is 0 Å². The Morgan fingerprint density at radius 2 is 1.81 bits per heavy atom. The molecule has 0 radical (unpaired) electrons. The lowest BCUT2D eigenvalue weighted by atomic mass is 10.1. The molecule has 0 bridgehead atoms. The summed E-state index contributed by atoms with van der Waals surface area (Å²) in [6.45, 7) is 3.78. The van der Waals surface area contributed by atoms with E-state index in [1.165, 1.54) is 12.3 Å². The Hall–Kier alpha value is -3.34. The van der Waals surface area contributed by atoms with Crippen molar-refractivity contribution in [2.45, 2.75) is 20.5 Å². The number of rotatable bonds is 4. The maximum absolute atomic E-state index is 13.9. The first kappa shape index (κ1) is 17.1. The van der Waals surface area contributed by atoms with Gasteiger partial charge in [-0.1, -0.05) is 18.2 Å². The molecule has 0 aliphatic rings. The zero-order chi connectivity index (χ0) is 19.0. The molecule has 2 aromatic heterocycles. The van der Waals surface area contributed by atoms with E-state index in [9.17, 15) is 9.18 Å². The summed E-state index contributed by atoms with van der Waals surface area (Å²) in [6.07, 6.45) is 1.49. The van der Waals surface area contributed by atoms with E-state index in [1.54, 1.807) is 36.4 Å². The van der Waals surface area contributed by atoms with Crippen molar-refractivity contribution >= 4 is 11.0 Å². The van der Waals surface area contributed by atoms with Crippen molar-refractivity contribution in [3.05, 3.63) is 87.5 Å². The van der Waals surface area contributed by atoms with Crippen molar-refractivity contribution in [3.63, 3.8) is 0 Å². The highest BCUT2D eigenvalue weighted by Crippen LogP contribution is 2.32. The second-order valence-corrected chi connectivity index (χ2v) is 6.38. The predicted molar refractivity (Wildman–Crippen MR) is 100 cm³/mol. The summed E-state index contributed by atoms with van der Waals surface area (Å²) in [5.41, 5.74) is 2.47. The van der Waals surface area contributed by atoms with Crippen LogP contribution in [0.3, 0.4) is 0 Å². The monoisotopic (exact) mass is 364 g/mol. The van der Waals surface area contributed by atoms with Gasteiger partial charge in [0, 0.05) is 5.56 Å². The molecule has 4 rings (SSSR count). The Morgan fingerprint density at radius 1 is 1.04 bits per heavy atom. The van der Waals surface area contributed by atoms with Gasteiger partial charge >= 0.3 is 0 Å². The van der Waals surface area contributed by atoms with E-state index in [4.69, 9.17) is 13.6 Å². The first-order chi connectivity index (χ1) is 13.0. The average molecular weight is 364 g/mol. The van der Waals surface area contributed by atoms with E-state index < -0.39 is 5.82 Å². The van der Waals surface area contributed by atoms with Crippen LogP contribution in [-0.4, -0.2) is 0 Å². The summed E-state index contributed by atoms with van der Waals surface area (Å²) in [7, 11) is 0. The van der Waals surface area contributed by atoms with Gasteiger partial charge in [-0.2, -0.15) is 0 Å². The van der Waals surface area contributed by atoms with Gasteiger partial charge in [0.1, 0.15) is 18.0 Å². The molecule has 2 heterocycles. The van der Waals surface area contributed by atoms with E-state index in [0.29, 0.717) is 22.3 Å². The molecule has 0 saturated carbocycles. The molecule has 5 heteroatoms. The highest BCUT2D eigenvalue weighted by molar-refractivity contribution is 5.82. The highest BCUT2D eigenvalue weighted by atomic mass is 19.1. The fourth-order valence-electron chi connectivity index (χ4n) is 2.90. The van der Waals surface area contributed by atoms with Crippen LogP contribution in [0, 0.1) is 19.7 Å². The molecule has 0 spiro atoms. The molecular formula is C22H17FO4. The first-order valence-corrected chi connectivity index (χ1v) is 8.52. The Kier molecular flexibility index (Phi) is 4.28. The minimum atomic E-state index is -0.395. The molecule has 0 saturated heterocycles. The number of hydrogen-bond acceptors (Lipinski definition) is 4. The summed E-state index contributed by atoms with van der Waals surface area (Å²) in [5.74, 6) is 0.172. The van der Waals surface area contributed by atoms with Gasteiger partial charge in [0.25, 0.3) is 0 Å². The third kappa shape index (κ3) is 3.12. The predicted octanol–water partition coefficient (Wildman–Crippen LogP) is 5.39. The van der Waals surface area contributed by atoms with Gasteiger partial charge in [-0.25, -0.2) is 4.39 Å². The summed E-state index contributed by atoms with van der Waals surface area (Å²) in [4.78, 5) is 13.1. The second-order valence-electron chi connectivity index (χ2n) is 6.38. The van der Waals surface area contributed by atoms with Gasteiger partial charge in [0.2, 0.25) is 16.9 Å². The molecule has 0 unspecified atom stereocenters. The quantitative estimate of drug-likeness (QED) is 0.487. The van der Waals surface area contributed by atoms with Gasteiger partial charge < -0.3 is 13.6 Å². The van der Waals surface area contributed by atoms with Crippen molar-refractivity contribution in [1.82, 2.24) is 0 Å². The van der Waals surface area contributed by atoms with Gasteiger partial charge in [0.15, 0.2) is 5.76 Å². The fraction of sp³-hybridized carbons (Fsp3) is 0.136. The maximum Gasteiger partial charge on any atom is 0.235 e. The van der Waals surface area contributed by atoms with E-state index in [2.05, 4.69) is 0 Å². The van der Waals surface area contributed by atoms with Crippen LogP contribution >= 0.6 is 0 Å². The smallest absolute Gasteiger partial charge is 0.235 e. The van der Waals surface area contributed by atoms with E-state index in [-0.39, 0.29) is 23.5 Å². The van der Waals surface area contributed by atoms with Crippen LogP contribution in [0.2, 0.25) is 0 Å². The average Bonchev–Trinajstić information content (AvgIpc) is 3.18. The van der Waals surface area contributed by atoms with Crippen LogP contribution < -0.4 is 10.2 Å². The van der Waals surface area contributed by atoms with Crippen molar-refractivity contribution in [3.8, 4) is 17.3 Å². The fourth-order valence-corrected chi connectivity index (χ4v) is 2.90. The molecule has 0 aliphatic carbocycles. The van der Waals surface area contributed by atoms with Crippen molar-refractivity contribution in [2.75, 3.05) is 0 Å². The van der Waals surface area contributed by atoms with Gasteiger partial charge in [-0.05, 0) is 55.3 Å². The zero-order valence-electron chi connectivity index (χ0n) is 14.9. The summed E-state index contributed by atoms with van der Waals surface area (Å²) in [6, 6.07) is 13.2. The Balaban J connectivity index is 1.87. The molecule has 136 valence electrons. The van der Waals surface area contributed by atoms with Gasteiger partial charge in [-0.3, -0.25) is 4.79 Å². The van der Waals surface area contributed by atoms with E-state index in [0.717, 1.165) is 11.1 Å². The third-order valence-corrected chi connectivity index (χ3v) is 4.54. The number of fused-ring (bicyclic) bond motifs is 1. The largest absolute Gasteiger partial charge is 0.481 e. The molecule has 0 atom stereocenters. The molecule has 27 heavy (non-hydrogen) atoms. The molecule has 0 aliphatic heterocycles. The lowest BCUT2D eigenvalue weighted by Gasteiger charge is -2.12. The molecule has 4 nitrogen and oxygen atoms in total. The number of ether oxygens (including phenoxy) is 1. The summed E-state index contributed by atoms with van der Waals surface area (Å²) < 4.78 is 31.0. The lowest BCUT2D eigenvalue weighted by molar-refractivity contribution is 0.290. The molecule has 0 N–H and O–H groups in total. The summed E-state index contributed by atoms with van der Waals surface area (Å²) >= 11 is 0. The summed E-state index contributed by atoms with van der Waals surface area (Å²) in [5, 5.41) is 0.414. The van der Waals surface area contributed by atoms with E-state index >= 15 is 0 Å². The van der Waals surface area contributed by atoms with Crippen LogP contribution in [-0.2, 0) is 6.61 Å². The van der Waals surface area contributed by atoms with Crippen LogP contribution in [0.25, 0.3) is 22.5 Å². The van der Waals surface area contributed by atoms with Crippen LogP contribution in [0.4, 0.5) is 4.39 Å². The Bertz CT molecular complexity index is 1170. The van der Waals surface area contributed by atoms with Crippen LogP contribution in [0.1, 0.15) is 16.7 Å². The number of benzene rings is 2. The number of hydrogen-bond donors (Lipinski definition) is 0. The van der Waals surface area contributed by atoms with Crippen LogP contribution in [0.15, 0.2) is 68.4 Å². The third-order valence-electron chi connectivity index (χ3n) is 4.54. The van der Waals surface area contributed by atoms with Gasteiger partial charge in [0.05, 0.1) is 11.6 Å². The topological polar surface area (TPSA) is 52.6 Å². The van der Waals surface area contributed by atoms with Crippen molar-refractivity contribution in [2.24, 2.45) is 0 Å². The molecular weight excluding hydrogens is 347 g/mol. The molecule has 2 aromatic carbocycles. The minimum absolute atomic E-state index is 0.00366. The Morgan fingerprint density at radius 3 is 2.56 bits per heavy atom. The first-order valence-electron chi connectivity index (χ1n) is 8.52. The normalized spacial score (nSPS) is 11.1. The number of furan rings is 1. The molecule has 0 fully saturated rings. The SMILES string of the molecule is Cc1cc2oc(-c3ccco3)c(OCc3ccccc3F)c(=O)c2cc1C. The van der Waals surface area contributed by atoms with Crippen molar-refractivity contribution in [1.29, 1.82) is 0 Å². The molecule has 0 amide bonds. The van der Waals surface area contributed by atoms with Crippen molar-refractivity contribution < 1.29 is 18.0 Å². The lowest BCUT2D eigenvalue weighted by Crippen LogP contribution is -2.11. The maximum atomic E-state index is 13.9. The minimum Gasteiger partial charge on any atom is -0.481 e. The number of halogens is 1. The number of aryl methyl sites for hydroxylation is 2. The Labute approximate surface area is 154 Å². The molecule has 4 aromatic rings.